The minimum absolute atomic E-state index is 0.263. The second kappa shape index (κ2) is 17.0. The maximum Gasteiger partial charge on any atom is 0.134 e. The lowest BCUT2D eigenvalue weighted by atomic mass is 10.0. The van der Waals surface area contributed by atoms with Gasteiger partial charge in [-0.05, 0) is 86.4 Å². The van der Waals surface area contributed by atoms with Crippen LogP contribution in [0.3, 0.4) is 0 Å². The van der Waals surface area contributed by atoms with Gasteiger partial charge in [0.15, 0.2) is 0 Å². The Labute approximate surface area is 235 Å². The molecule has 5 heteroatoms. The smallest absolute Gasteiger partial charge is 0.134 e. The molecule has 1 saturated heterocycles. The molecule has 5 rings (SSSR count). The number of benzene rings is 3. The van der Waals surface area contributed by atoms with Crippen LogP contribution in [0.4, 0.5) is 0 Å². The topological polar surface area (TPSA) is 48.4 Å². The molecular formula is C33H46ClN3O. The van der Waals surface area contributed by atoms with Crippen molar-refractivity contribution in [2.75, 3.05) is 19.6 Å². The zero-order valence-electron chi connectivity index (χ0n) is 24.1. The summed E-state index contributed by atoms with van der Waals surface area (Å²) in [6.45, 7) is 16.5. The van der Waals surface area contributed by atoms with E-state index in [0.29, 0.717) is 11.2 Å². The van der Waals surface area contributed by atoms with E-state index in [1.54, 1.807) is 18.2 Å². The Morgan fingerprint density at radius 3 is 2.26 bits per heavy atom. The van der Waals surface area contributed by atoms with Crippen molar-refractivity contribution in [3.8, 4) is 5.75 Å². The fraction of sp³-hybridized carbons (Fsp3) is 0.424. The SMILES string of the molecule is CC.CC.CCNC(C)Cc1ccc2ccccc2c1.Oc1ccc2nc(Cl)c(CN3CCCC3)cc2c1. The number of pyridine rings is 1. The summed E-state index contributed by atoms with van der Waals surface area (Å²) in [5.41, 5.74) is 3.27. The molecule has 4 nitrogen and oxygen atoms in total. The standard InChI is InChI=1S/C15H19N.C14H15ClN2O.2C2H6/c1-3-16-12(2)10-13-8-9-14-6-4-5-7-15(14)11-13;15-14-11(9-17-5-1-2-6-17)7-10-8-12(18)3-4-13(10)16-14;2*1-2/h4-9,11-12,16H,3,10H2,1-2H3;3-4,7-8,18H,1-2,5-6,9H2;2*1-2H3. The summed E-state index contributed by atoms with van der Waals surface area (Å²) in [4.78, 5) is 6.77. The predicted molar refractivity (Wildman–Crippen MR) is 166 cm³/mol. The molecule has 2 heterocycles. The first-order valence-electron chi connectivity index (χ1n) is 14.2. The quantitative estimate of drug-likeness (QED) is 0.242. The number of hydrogen-bond acceptors (Lipinski definition) is 4. The molecule has 0 radical (unpaired) electrons. The van der Waals surface area contributed by atoms with Crippen molar-refractivity contribution in [1.82, 2.24) is 15.2 Å². The van der Waals surface area contributed by atoms with Gasteiger partial charge < -0.3 is 10.4 Å². The first-order valence-corrected chi connectivity index (χ1v) is 14.6. The Morgan fingerprint density at radius 2 is 1.58 bits per heavy atom. The van der Waals surface area contributed by atoms with Gasteiger partial charge in [-0.2, -0.15) is 0 Å². The summed E-state index contributed by atoms with van der Waals surface area (Å²) < 4.78 is 0. The van der Waals surface area contributed by atoms with Gasteiger partial charge in [0, 0.05) is 23.5 Å². The lowest BCUT2D eigenvalue weighted by molar-refractivity contribution is 0.331. The summed E-state index contributed by atoms with van der Waals surface area (Å²) in [5, 5.41) is 17.1. The molecule has 3 aromatic carbocycles. The Balaban J connectivity index is 0.000000238. The number of nitrogens with zero attached hydrogens (tertiary/aromatic N) is 2. The predicted octanol–water partition coefficient (Wildman–Crippen LogP) is 8.62. The maximum absolute atomic E-state index is 9.50. The van der Waals surface area contributed by atoms with Crippen molar-refractivity contribution >= 4 is 33.3 Å². The van der Waals surface area contributed by atoms with Crippen LogP contribution in [0.2, 0.25) is 5.15 Å². The minimum Gasteiger partial charge on any atom is -0.508 e. The number of likely N-dealkylation sites (tertiary alicyclic amines) is 1. The summed E-state index contributed by atoms with van der Waals surface area (Å²) >= 11 is 6.22. The third-order valence-corrected chi connectivity index (χ3v) is 6.65. The molecule has 38 heavy (non-hydrogen) atoms. The first kappa shape index (κ1) is 31.6. The number of aromatic nitrogens is 1. The van der Waals surface area contributed by atoms with Crippen molar-refractivity contribution in [3.05, 3.63) is 83.0 Å². The number of phenols is 1. The number of phenolic OH excluding ortho intramolecular Hbond substituents is 1. The fourth-order valence-electron chi connectivity index (χ4n) is 4.62. The Bertz CT molecular complexity index is 1240. The third-order valence-electron chi connectivity index (χ3n) is 6.33. The van der Waals surface area contributed by atoms with E-state index in [2.05, 4.69) is 71.5 Å². The second-order valence-electron chi connectivity index (χ2n) is 9.14. The van der Waals surface area contributed by atoms with Crippen molar-refractivity contribution in [1.29, 1.82) is 0 Å². The summed E-state index contributed by atoms with van der Waals surface area (Å²) in [5.74, 6) is 0.263. The highest BCUT2D eigenvalue weighted by Crippen LogP contribution is 2.25. The third kappa shape index (κ3) is 9.58. The molecule has 0 amide bonds. The van der Waals surface area contributed by atoms with Gasteiger partial charge in [0.05, 0.1) is 5.52 Å². The van der Waals surface area contributed by atoms with E-state index >= 15 is 0 Å². The Kier molecular flexibility index (Phi) is 14.1. The van der Waals surface area contributed by atoms with Crippen molar-refractivity contribution < 1.29 is 5.11 Å². The highest BCUT2D eigenvalue weighted by Gasteiger charge is 2.14. The van der Waals surface area contributed by atoms with Crippen LogP contribution in [-0.2, 0) is 13.0 Å². The molecule has 1 aliphatic rings. The van der Waals surface area contributed by atoms with Crippen LogP contribution in [-0.4, -0.2) is 40.7 Å². The number of nitrogens with one attached hydrogen (secondary N) is 1. The molecule has 1 unspecified atom stereocenters. The van der Waals surface area contributed by atoms with Crippen LogP contribution in [0.1, 0.15) is 65.5 Å². The number of likely N-dealkylation sites (N-methyl/N-ethyl adjacent to an activating group) is 1. The van der Waals surface area contributed by atoms with Crippen molar-refractivity contribution in [2.45, 2.75) is 73.4 Å². The van der Waals surface area contributed by atoms with Gasteiger partial charge in [0.2, 0.25) is 0 Å². The lowest BCUT2D eigenvalue weighted by Crippen LogP contribution is -2.27. The average Bonchev–Trinajstić information content (AvgIpc) is 3.45. The molecule has 4 aromatic rings. The number of rotatable bonds is 6. The van der Waals surface area contributed by atoms with Crippen LogP contribution >= 0.6 is 11.6 Å². The van der Waals surface area contributed by atoms with Gasteiger partial charge in [0.1, 0.15) is 10.9 Å². The highest BCUT2D eigenvalue weighted by molar-refractivity contribution is 6.30. The van der Waals surface area contributed by atoms with E-state index in [9.17, 15) is 5.11 Å². The number of fused-ring (bicyclic) bond motifs is 2. The zero-order chi connectivity index (χ0) is 27.9. The molecule has 1 fully saturated rings. The molecule has 0 spiro atoms. The Hall–Kier alpha value is -2.66. The van der Waals surface area contributed by atoms with Crippen LogP contribution in [0, 0.1) is 0 Å². The van der Waals surface area contributed by atoms with Gasteiger partial charge in [-0.3, -0.25) is 4.90 Å². The number of halogens is 1. The highest BCUT2D eigenvalue weighted by atomic mass is 35.5. The number of hydrogen-bond donors (Lipinski definition) is 2. The van der Waals surface area contributed by atoms with Gasteiger partial charge in [0.25, 0.3) is 0 Å². The second-order valence-corrected chi connectivity index (χ2v) is 9.50. The van der Waals surface area contributed by atoms with E-state index in [-0.39, 0.29) is 5.75 Å². The molecule has 1 aromatic heterocycles. The molecular weight excluding hydrogens is 490 g/mol. The normalized spacial score (nSPS) is 13.6. The summed E-state index contributed by atoms with van der Waals surface area (Å²) in [7, 11) is 0. The molecule has 0 aliphatic carbocycles. The van der Waals surface area contributed by atoms with E-state index in [1.807, 2.05) is 33.8 Å². The number of aromatic hydroxyl groups is 1. The monoisotopic (exact) mass is 535 g/mol. The molecule has 0 saturated carbocycles. The van der Waals surface area contributed by atoms with Crippen LogP contribution in [0.25, 0.3) is 21.7 Å². The van der Waals surface area contributed by atoms with Crippen LogP contribution in [0.15, 0.2) is 66.7 Å². The first-order chi connectivity index (χ1) is 18.5. The minimum atomic E-state index is 0.263. The molecule has 1 aliphatic heterocycles. The zero-order valence-corrected chi connectivity index (χ0v) is 24.9. The summed E-state index contributed by atoms with van der Waals surface area (Å²) in [6, 6.07) is 23.0. The van der Waals surface area contributed by atoms with E-state index in [0.717, 1.165) is 49.1 Å². The van der Waals surface area contributed by atoms with Crippen LogP contribution < -0.4 is 5.32 Å². The lowest BCUT2D eigenvalue weighted by Gasteiger charge is -2.15. The Morgan fingerprint density at radius 1 is 0.895 bits per heavy atom. The van der Waals surface area contributed by atoms with Gasteiger partial charge in [-0.1, -0.05) is 88.7 Å². The molecule has 2 N–H and O–H groups in total. The van der Waals surface area contributed by atoms with Crippen LogP contribution in [0.5, 0.6) is 5.75 Å². The molecule has 206 valence electrons. The van der Waals surface area contributed by atoms with E-state index in [1.165, 1.54) is 29.2 Å². The molecule has 0 bridgehead atoms. The maximum atomic E-state index is 9.50. The molecule has 1 atom stereocenters. The van der Waals surface area contributed by atoms with E-state index < -0.39 is 0 Å². The fourth-order valence-corrected chi connectivity index (χ4v) is 4.82. The largest absolute Gasteiger partial charge is 0.508 e. The van der Waals surface area contributed by atoms with Crippen molar-refractivity contribution in [3.63, 3.8) is 0 Å². The van der Waals surface area contributed by atoms with Gasteiger partial charge in [-0.15, -0.1) is 0 Å². The van der Waals surface area contributed by atoms with Gasteiger partial charge >= 0.3 is 0 Å². The van der Waals surface area contributed by atoms with Gasteiger partial charge in [-0.25, -0.2) is 4.98 Å². The van der Waals surface area contributed by atoms with E-state index in [4.69, 9.17) is 11.6 Å². The average molecular weight is 536 g/mol. The summed E-state index contributed by atoms with van der Waals surface area (Å²) in [6.07, 6.45) is 3.62. The van der Waals surface area contributed by atoms with Crippen molar-refractivity contribution in [2.24, 2.45) is 0 Å².